The van der Waals surface area contributed by atoms with Crippen molar-refractivity contribution in [3.8, 4) is 28.4 Å². The average Bonchev–Trinajstić information content (AvgIpc) is 3.49. The molecule has 1 amide bonds. The number of tetrazole rings is 1. The fourth-order valence-electron chi connectivity index (χ4n) is 3.00. The van der Waals surface area contributed by atoms with Crippen LogP contribution in [-0.2, 0) is 0 Å². The van der Waals surface area contributed by atoms with Gasteiger partial charge in [-0.05, 0) is 55.5 Å². The maximum Gasteiger partial charge on any atom is 0.255 e. The maximum atomic E-state index is 13.2. The highest BCUT2D eigenvalue weighted by Crippen LogP contribution is 2.29. The molecule has 0 radical (unpaired) electrons. The van der Waals surface area contributed by atoms with Gasteiger partial charge in [0.25, 0.3) is 5.91 Å². The van der Waals surface area contributed by atoms with Gasteiger partial charge >= 0.3 is 0 Å². The van der Waals surface area contributed by atoms with Crippen LogP contribution >= 0.6 is 11.3 Å². The number of carbonyl (C=O) groups excluding carboxylic acids is 2. The molecule has 0 fully saturated rings. The Morgan fingerprint density at radius 3 is 2.65 bits per heavy atom. The Morgan fingerprint density at radius 2 is 1.97 bits per heavy atom. The molecule has 0 saturated carbocycles. The van der Waals surface area contributed by atoms with Crippen molar-refractivity contribution in [3.63, 3.8) is 0 Å². The highest BCUT2D eigenvalue weighted by atomic mass is 32.1. The van der Waals surface area contributed by atoms with E-state index in [0.29, 0.717) is 40.6 Å². The zero-order chi connectivity index (χ0) is 21.8. The van der Waals surface area contributed by atoms with Crippen LogP contribution in [0.4, 0.5) is 5.69 Å². The van der Waals surface area contributed by atoms with Gasteiger partial charge in [0.2, 0.25) is 5.82 Å². The molecule has 2 aromatic heterocycles. The molecule has 4 rings (SSSR count). The summed E-state index contributed by atoms with van der Waals surface area (Å²) in [5.74, 6) is 0.363. The minimum Gasteiger partial charge on any atom is -0.492 e. The van der Waals surface area contributed by atoms with Crippen LogP contribution in [-0.4, -0.2) is 43.9 Å². The number of rotatable bonds is 7. The summed E-state index contributed by atoms with van der Waals surface area (Å²) >= 11 is 1.46. The highest BCUT2D eigenvalue weighted by molar-refractivity contribution is 7.07. The van der Waals surface area contributed by atoms with Gasteiger partial charge in [-0.2, -0.15) is 5.21 Å². The van der Waals surface area contributed by atoms with Gasteiger partial charge in [-0.3, -0.25) is 9.59 Å². The van der Waals surface area contributed by atoms with Crippen LogP contribution in [0.25, 0.3) is 22.6 Å². The molecule has 0 spiro atoms. The first kappa shape index (κ1) is 20.4. The number of amides is 1. The summed E-state index contributed by atoms with van der Waals surface area (Å²) in [5.41, 5.74) is 5.09. The largest absolute Gasteiger partial charge is 0.492 e. The van der Waals surface area contributed by atoms with E-state index in [0.717, 1.165) is 11.3 Å². The Kier molecular flexibility index (Phi) is 5.80. The summed E-state index contributed by atoms with van der Waals surface area (Å²) in [6.45, 7) is 3.73. The first-order valence-corrected chi connectivity index (χ1v) is 10.4. The average molecular weight is 434 g/mol. The fraction of sp³-hybridized carbons (Fsp3) is 0.143. The van der Waals surface area contributed by atoms with Crippen LogP contribution < -0.4 is 10.1 Å². The van der Waals surface area contributed by atoms with E-state index in [-0.39, 0.29) is 11.7 Å². The van der Waals surface area contributed by atoms with Crippen molar-refractivity contribution in [3.05, 3.63) is 58.4 Å². The van der Waals surface area contributed by atoms with E-state index in [2.05, 4.69) is 30.9 Å². The molecular formula is C21H18N6O3S. The summed E-state index contributed by atoms with van der Waals surface area (Å²) in [6.07, 6.45) is 0. The standard InChI is InChI=1S/C21H18N6O3S/c1-3-30-19-5-4-13(12(2)28)9-17(19)23-21(29)16-7-14(18-10-31-11-22-18)6-15(8-16)20-24-26-27-25-20/h4-11H,3H2,1-2H3,(H,23,29)(H,24,25,26,27). The molecule has 2 heterocycles. The van der Waals surface area contributed by atoms with E-state index in [4.69, 9.17) is 4.74 Å². The number of aromatic amines is 1. The second-order valence-electron chi connectivity index (χ2n) is 6.56. The number of thiazole rings is 1. The molecule has 0 atom stereocenters. The summed E-state index contributed by atoms with van der Waals surface area (Å²) in [6, 6.07) is 10.2. The number of Topliss-reactive ketones (excluding diaryl/α,β-unsaturated/α-hetero) is 1. The zero-order valence-electron chi connectivity index (χ0n) is 16.7. The third-order valence-electron chi connectivity index (χ3n) is 4.46. The smallest absolute Gasteiger partial charge is 0.255 e. The van der Waals surface area contributed by atoms with Crippen molar-refractivity contribution in [2.45, 2.75) is 13.8 Å². The molecule has 0 aliphatic heterocycles. The Labute approximate surface area is 181 Å². The topological polar surface area (TPSA) is 123 Å². The Hall–Kier alpha value is -3.92. The number of nitrogens with one attached hydrogen (secondary N) is 2. The lowest BCUT2D eigenvalue weighted by Crippen LogP contribution is -2.14. The number of carbonyl (C=O) groups is 2. The Bertz CT molecular complexity index is 1170. The van der Waals surface area contributed by atoms with Gasteiger partial charge in [-0.15, -0.1) is 21.5 Å². The summed E-state index contributed by atoms with van der Waals surface area (Å²) in [4.78, 5) is 29.3. The SMILES string of the molecule is CCOc1ccc(C(C)=O)cc1NC(=O)c1cc(-c2cscn2)cc(-c2nn[nH]n2)c1. The molecule has 4 aromatic rings. The second kappa shape index (κ2) is 8.84. The summed E-state index contributed by atoms with van der Waals surface area (Å²) < 4.78 is 5.61. The van der Waals surface area contributed by atoms with Crippen molar-refractivity contribution >= 4 is 28.7 Å². The van der Waals surface area contributed by atoms with Gasteiger partial charge in [-0.1, -0.05) is 0 Å². The molecule has 156 valence electrons. The molecule has 0 bridgehead atoms. The van der Waals surface area contributed by atoms with Crippen molar-refractivity contribution in [1.82, 2.24) is 25.6 Å². The Balaban J connectivity index is 1.73. The fourth-order valence-corrected chi connectivity index (χ4v) is 3.56. The molecular weight excluding hydrogens is 416 g/mol. The van der Waals surface area contributed by atoms with Gasteiger partial charge < -0.3 is 10.1 Å². The number of H-pyrrole nitrogens is 1. The minimum absolute atomic E-state index is 0.108. The van der Waals surface area contributed by atoms with Crippen molar-refractivity contribution in [2.75, 3.05) is 11.9 Å². The van der Waals surface area contributed by atoms with Crippen LogP contribution in [0.5, 0.6) is 5.75 Å². The monoisotopic (exact) mass is 434 g/mol. The minimum atomic E-state index is -0.372. The lowest BCUT2D eigenvalue weighted by molar-refractivity contribution is 0.101. The Morgan fingerprint density at radius 1 is 1.13 bits per heavy atom. The third kappa shape index (κ3) is 4.48. The van der Waals surface area contributed by atoms with Gasteiger partial charge in [0, 0.05) is 27.6 Å². The van der Waals surface area contributed by atoms with Crippen LogP contribution in [0.15, 0.2) is 47.3 Å². The van der Waals surface area contributed by atoms with Crippen LogP contribution in [0.2, 0.25) is 0 Å². The van der Waals surface area contributed by atoms with E-state index in [9.17, 15) is 9.59 Å². The van der Waals surface area contributed by atoms with Crippen LogP contribution in [0.1, 0.15) is 34.6 Å². The van der Waals surface area contributed by atoms with Gasteiger partial charge in [0.1, 0.15) is 5.75 Å². The maximum absolute atomic E-state index is 13.2. The number of anilines is 1. The summed E-state index contributed by atoms with van der Waals surface area (Å²) in [7, 11) is 0. The predicted molar refractivity (Wildman–Crippen MR) is 116 cm³/mol. The predicted octanol–water partition coefficient (Wildman–Crippen LogP) is 3.84. The molecule has 0 unspecified atom stereocenters. The third-order valence-corrected chi connectivity index (χ3v) is 5.05. The number of ketones is 1. The van der Waals surface area contributed by atoms with E-state index in [1.165, 1.54) is 18.3 Å². The van der Waals surface area contributed by atoms with E-state index in [1.807, 2.05) is 18.4 Å². The van der Waals surface area contributed by atoms with E-state index >= 15 is 0 Å². The summed E-state index contributed by atoms with van der Waals surface area (Å²) in [5, 5.41) is 18.8. The second-order valence-corrected chi connectivity index (χ2v) is 7.28. The first-order valence-electron chi connectivity index (χ1n) is 9.41. The molecule has 10 heteroatoms. The normalized spacial score (nSPS) is 10.6. The molecule has 2 N–H and O–H groups in total. The van der Waals surface area contributed by atoms with E-state index in [1.54, 1.807) is 35.8 Å². The van der Waals surface area contributed by atoms with Crippen molar-refractivity contribution < 1.29 is 14.3 Å². The van der Waals surface area contributed by atoms with Crippen LogP contribution in [0, 0.1) is 0 Å². The van der Waals surface area contributed by atoms with E-state index < -0.39 is 0 Å². The molecule has 31 heavy (non-hydrogen) atoms. The number of nitrogens with zero attached hydrogens (tertiary/aromatic N) is 4. The first-order chi connectivity index (χ1) is 15.0. The molecule has 9 nitrogen and oxygen atoms in total. The zero-order valence-corrected chi connectivity index (χ0v) is 17.6. The van der Waals surface area contributed by atoms with Gasteiger partial charge in [-0.25, -0.2) is 4.98 Å². The lowest BCUT2D eigenvalue weighted by Gasteiger charge is -2.13. The highest BCUT2D eigenvalue weighted by Gasteiger charge is 2.16. The van der Waals surface area contributed by atoms with Crippen molar-refractivity contribution in [1.29, 1.82) is 0 Å². The molecule has 0 aliphatic carbocycles. The van der Waals surface area contributed by atoms with Gasteiger partial charge in [0.05, 0.1) is 23.5 Å². The number of aromatic nitrogens is 5. The molecule has 2 aromatic carbocycles. The number of benzene rings is 2. The van der Waals surface area contributed by atoms with Gasteiger partial charge in [0.15, 0.2) is 5.78 Å². The number of hydrogen-bond donors (Lipinski definition) is 2. The number of hydrogen-bond acceptors (Lipinski definition) is 8. The molecule has 0 saturated heterocycles. The van der Waals surface area contributed by atoms with Crippen molar-refractivity contribution in [2.24, 2.45) is 0 Å². The quantitative estimate of drug-likeness (QED) is 0.424. The lowest BCUT2D eigenvalue weighted by atomic mass is 10.0. The van der Waals surface area contributed by atoms with Crippen LogP contribution in [0.3, 0.4) is 0 Å². The molecule has 0 aliphatic rings. The number of ether oxygens (including phenoxy) is 1.